The fourth-order valence-electron chi connectivity index (χ4n) is 7.52. The summed E-state index contributed by atoms with van der Waals surface area (Å²) < 4.78 is 9.65. The SMILES string of the molecule is C1=C(c2cccc(-c3ccc4sc5cc6c(cc5c4c3)sc3ccccc36)c2)CCc2sc3cc4sc5ccccc5c4cc3c21. The Bertz CT molecular complexity index is 2920. The Balaban J connectivity index is 1.01. The Morgan fingerprint density at radius 1 is 0.348 bits per heavy atom. The molecule has 1 aliphatic carbocycles. The first-order valence-electron chi connectivity index (χ1n) is 15.7. The van der Waals surface area contributed by atoms with Gasteiger partial charge in [0, 0.05) is 75.5 Å². The molecule has 0 atom stereocenters. The topological polar surface area (TPSA) is 0 Å². The van der Waals surface area contributed by atoms with Gasteiger partial charge in [-0.3, -0.25) is 0 Å². The van der Waals surface area contributed by atoms with Gasteiger partial charge in [0.2, 0.25) is 0 Å². The lowest BCUT2D eigenvalue weighted by atomic mass is 9.90. The summed E-state index contributed by atoms with van der Waals surface area (Å²) in [5.41, 5.74) is 6.79. The lowest BCUT2D eigenvalue weighted by Gasteiger charge is -2.15. The standard InChI is InChI=1S/C42H24S4/c1-3-10-35-27(8-1)31-19-32-29-17-25(12-14-37(29)46-42(32)22-41(31)44-35)23-6-5-7-24(16-23)26-13-15-38-30(18-26)34-21-39-33(20-40(34)45-38)28-9-2-4-11-36(28)43-39/h1-11,13,15-22H,12,14H2. The molecule has 0 fully saturated rings. The van der Waals surface area contributed by atoms with E-state index >= 15 is 0 Å². The number of hydrogen-bond acceptors (Lipinski definition) is 4. The van der Waals surface area contributed by atoms with Crippen LogP contribution < -0.4 is 0 Å². The van der Waals surface area contributed by atoms with Crippen LogP contribution in [0.3, 0.4) is 0 Å². The smallest absolute Gasteiger partial charge is 0.0369 e. The van der Waals surface area contributed by atoms with Gasteiger partial charge in [-0.2, -0.15) is 0 Å². The number of hydrogen-bond donors (Lipinski definition) is 0. The van der Waals surface area contributed by atoms with Crippen molar-refractivity contribution in [1.82, 2.24) is 0 Å². The van der Waals surface area contributed by atoms with E-state index in [4.69, 9.17) is 0 Å². The highest BCUT2D eigenvalue weighted by Gasteiger charge is 2.19. The molecule has 0 spiro atoms. The average Bonchev–Trinajstić information content (AvgIpc) is 3.85. The highest BCUT2D eigenvalue weighted by molar-refractivity contribution is 7.28. The Kier molecular flexibility index (Phi) is 5.39. The molecule has 0 N–H and O–H groups in total. The van der Waals surface area contributed by atoms with E-state index in [1.165, 1.54) is 103 Å². The van der Waals surface area contributed by atoms with Crippen LogP contribution in [0.5, 0.6) is 0 Å². The third-order valence-corrected chi connectivity index (χ3v) is 14.4. The van der Waals surface area contributed by atoms with E-state index in [0.717, 1.165) is 12.8 Å². The number of benzene rings is 6. The van der Waals surface area contributed by atoms with E-state index < -0.39 is 0 Å². The molecule has 0 aliphatic heterocycles. The zero-order valence-electron chi connectivity index (χ0n) is 24.6. The summed E-state index contributed by atoms with van der Waals surface area (Å²) in [5.74, 6) is 0. The molecule has 1 aliphatic rings. The van der Waals surface area contributed by atoms with Gasteiger partial charge in [0.1, 0.15) is 0 Å². The fourth-order valence-corrected chi connectivity index (χ4v) is 12.2. The number of aryl methyl sites for hydroxylation is 1. The third-order valence-electron chi connectivity index (χ3n) is 9.78. The van der Waals surface area contributed by atoms with Crippen molar-refractivity contribution in [2.24, 2.45) is 0 Å². The maximum atomic E-state index is 2.49. The summed E-state index contributed by atoms with van der Waals surface area (Å²) in [6.45, 7) is 0. The van der Waals surface area contributed by atoms with Crippen molar-refractivity contribution >= 4 is 128 Å². The number of thiophene rings is 4. The second-order valence-corrected chi connectivity index (χ2v) is 16.8. The van der Waals surface area contributed by atoms with Crippen LogP contribution in [0.2, 0.25) is 0 Å². The predicted molar refractivity (Wildman–Crippen MR) is 209 cm³/mol. The maximum Gasteiger partial charge on any atom is 0.0369 e. The molecule has 0 amide bonds. The van der Waals surface area contributed by atoms with Gasteiger partial charge in [-0.1, -0.05) is 60.7 Å². The summed E-state index contributed by atoms with van der Waals surface area (Å²) in [4.78, 5) is 1.53. The summed E-state index contributed by atoms with van der Waals surface area (Å²) in [5, 5.41) is 9.65. The van der Waals surface area contributed by atoms with Gasteiger partial charge >= 0.3 is 0 Å². The Morgan fingerprint density at radius 3 is 1.72 bits per heavy atom. The Hall–Kier alpha value is -4.32. The predicted octanol–water partition coefficient (Wildman–Crippen LogP) is 14.2. The minimum absolute atomic E-state index is 1.08. The molecule has 0 saturated carbocycles. The van der Waals surface area contributed by atoms with Crippen molar-refractivity contribution in [3.63, 3.8) is 0 Å². The summed E-state index contributed by atoms with van der Waals surface area (Å²) >= 11 is 7.72. The van der Waals surface area contributed by atoms with E-state index in [1.54, 1.807) is 0 Å². The fraction of sp³-hybridized carbons (Fsp3) is 0.0476. The molecular weight excluding hydrogens is 633 g/mol. The Labute approximate surface area is 281 Å². The highest BCUT2D eigenvalue weighted by Crippen LogP contribution is 2.46. The van der Waals surface area contributed by atoms with Crippen molar-refractivity contribution in [3.05, 3.63) is 131 Å². The minimum Gasteiger partial charge on any atom is -0.140 e. The van der Waals surface area contributed by atoms with Crippen molar-refractivity contribution in [1.29, 1.82) is 0 Å². The molecule has 4 aromatic heterocycles. The van der Waals surface area contributed by atoms with Crippen LogP contribution in [0.4, 0.5) is 0 Å². The molecule has 10 aromatic rings. The van der Waals surface area contributed by atoms with E-state index in [9.17, 15) is 0 Å². The number of allylic oxidation sites excluding steroid dienone is 1. The molecular formula is C42H24S4. The molecule has 216 valence electrons. The zero-order valence-corrected chi connectivity index (χ0v) is 27.9. The van der Waals surface area contributed by atoms with Gasteiger partial charge in [0.05, 0.1) is 0 Å². The van der Waals surface area contributed by atoms with Crippen LogP contribution in [-0.4, -0.2) is 0 Å². The van der Waals surface area contributed by atoms with Crippen LogP contribution >= 0.6 is 45.3 Å². The number of rotatable bonds is 2. The molecule has 46 heavy (non-hydrogen) atoms. The van der Waals surface area contributed by atoms with Crippen LogP contribution in [0, 0.1) is 0 Å². The van der Waals surface area contributed by atoms with E-state index in [-0.39, 0.29) is 0 Å². The van der Waals surface area contributed by atoms with Gasteiger partial charge in [-0.05, 0) is 101 Å². The van der Waals surface area contributed by atoms with Gasteiger partial charge in [-0.25, -0.2) is 0 Å². The average molecular weight is 657 g/mol. The summed E-state index contributed by atoms with van der Waals surface area (Å²) in [6, 6.07) is 43.6. The second-order valence-electron chi connectivity index (χ2n) is 12.4. The summed E-state index contributed by atoms with van der Waals surface area (Å²) in [6.07, 6.45) is 4.68. The van der Waals surface area contributed by atoms with E-state index in [0.29, 0.717) is 0 Å². The van der Waals surface area contributed by atoms with E-state index in [2.05, 4.69) is 121 Å². The van der Waals surface area contributed by atoms with Gasteiger partial charge in [0.25, 0.3) is 0 Å². The van der Waals surface area contributed by atoms with Crippen LogP contribution in [0.1, 0.15) is 22.4 Å². The third kappa shape index (κ3) is 3.76. The first-order valence-corrected chi connectivity index (χ1v) is 19.0. The molecule has 4 heteroatoms. The normalized spacial score (nSPS) is 13.6. The largest absolute Gasteiger partial charge is 0.140 e. The van der Waals surface area contributed by atoms with Gasteiger partial charge in [-0.15, -0.1) is 45.3 Å². The van der Waals surface area contributed by atoms with Crippen molar-refractivity contribution in [2.75, 3.05) is 0 Å². The molecule has 6 aromatic carbocycles. The highest BCUT2D eigenvalue weighted by atomic mass is 32.1. The van der Waals surface area contributed by atoms with Gasteiger partial charge < -0.3 is 0 Å². The molecule has 0 unspecified atom stereocenters. The maximum absolute atomic E-state index is 2.49. The Morgan fingerprint density at radius 2 is 0.935 bits per heavy atom. The zero-order chi connectivity index (χ0) is 29.9. The summed E-state index contributed by atoms with van der Waals surface area (Å²) in [7, 11) is 0. The lowest BCUT2D eigenvalue weighted by Crippen LogP contribution is -1.96. The van der Waals surface area contributed by atoms with Crippen molar-refractivity contribution < 1.29 is 0 Å². The number of fused-ring (bicyclic) bond motifs is 12. The van der Waals surface area contributed by atoms with Gasteiger partial charge in [0.15, 0.2) is 0 Å². The molecule has 0 saturated heterocycles. The van der Waals surface area contributed by atoms with Crippen molar-refractivity contribution in [2.45, 2.75) is 12.8 Å². The van der Waals surface area contributed by atoms with Crippen LogP contribution in [0.25, 0.3) is 93.4 Å². The van der Waals surface area contributed by atoms with E-state index in [1.807, 2.05) is 45.3 Å². The molecule has 11 rings (SSSR count). The second kappa shape index (κ2) is 9.60. The quantitative estimate of drug-likeness (QED) is 0.174. The lowest BCUT2D eigenvalue weighted by molar-refractivity contribution is 1.03. The van der Waals surface area contributed by atoms with Crippen LogP contribution in [0.15, 0.2) is 115 Å². The molecule has 0 nitrogen and oxygen atoms in total. The van der Waals surface area contributed by atoms with Crippen LogP contribution in [-0.2, 0) is 6.42 Å². The van der Waals surface area contributed by atoms with Crippen molar-refractivity contribution in [3.8, 4) is 11.1 Å². The molecule has 0 radical (unpaired) electrons. The first kappa shape index (κ1) is 25.8. The molecule has 0 bridgehead atoms. The monoisotopic (exact) mass is 656 g/mol. The molecule has 4 heterocycles. The minimum atomic E-state index is 1.08. The first-order chi connectivity index (χ1) is 22.7.